The van der Waals surface area contributed by atoms with Gasteiger partial charge in [0.05, 0.1) is 6.61 Å². The van der Waals surface area contributed by atoms with E-state index in [1.807, 2.05) is 53.7 Å². The standard InChI is InChI=1S/C10H12O.3C2H6/c1-10(2)7-11-9-6-4-3-5-8(9)10;3*1-2/h3-6H,7H2,1-2H3;3*1-2H3. The molecule has 0 saturated carbocycles. The van der Waals surface area contributed by atoms with Crippen molar-refractivity contribution in [3.8, 4) is 5.75 Å². The molecule has 0 fully saturated rings. The topological polar surface area (TPSA) is 9.23 Å². The zero-order valence-corrected chi connectivity index (χ0v) is 12.9. The Bertz CT molecular complexity index is 277. The van der Waals surface area contributed by atoms with Crippen molar-refractivity contribution >= 4 is 0 Å². The Morgan fingerprint density at radius 3 is 1.82 bits per heavy atom. The van der Waals surface area contributed by atoms with E-state index in [0.29, 0.717) is 0 Å². The fraction of sp³-hybridized carbons (Fsp3) is 0.625. The van der Waals surface area contributed by atoms with Gasteiger partial charge in [0.1, 0.15) is 5.75 Å². The van der Waals surface area contributed by atoms with E-state index in [0.717, 1.165) is 12.4 Å². The molecule has 2 rings (SSSR count). The number of hydrogen-bond donors (Lipinski definition) is 0. The number of para-hydroxylation sites is 1. The van der Waals surface area contributed by atoms with Gasteiger partial charge in [-0.1, -0.05) is 73.6 Å². The smallest absolute Gasteiger partial charge is 0.123 e. The molecule has 0 saturated heterocycles. The molecule has 100 valence electrons. The highest BCUT2D eigenvalue weighted by Crippen LogP contribution is 2.37. The maximum absolute atomic E-state index is 5.51. The van der Waals surface area contributed by atoms with Crippen LogP contribution in [-0.2, 0) is 5.41 Å². The summed E-state index contributed by atoms with van der Waals surface area (Å²) in [6.07, 6.45) is 0. The highest BCUT2D eigenvalue weighted by Gasteiger charge is 2.30. The SMILES string of the molecule is CC.CC.CC.CC1(C)COc2ccccc21. The third-order valence-electron chi connectivity index (χ3n) is 2.20. The summed E-state index contributed by atoms with van der Waals surface area (Å²) in [5, 5.41) is 0. The van der Waals surface area contributed by atoms with E-state index in [4.69, 9.17) is 4.74 Å². The predicted octanol–water partition coefficient (Wildman–Crippen LogP) is 5.44. The molecule has 0 spiro atoms. The molecule has 0 bridgehead atoms. The van der Waals surface area contributed by atoms with Gasteiger partial charge in [-0.25, -0.2) is 0 Å². The lowest BCUT2D eigenvalue weighted by molar-refractivity contribution is 0.291. The first kappa shape index (κ1) is 18.4. The fourth-order valence-corrected chi connectivity index (χ4v) is 1.49. The van der Waals surface area contributed by atoms with Gasteiger partial charge in [0.15, 0.2) is 0 Å². The minimum absolute atomic E-state index is 0.205. The lowest BCUT2D eigenvalue weighted by Gasteiger charge is -2.14. The van der Waals surface area contributed by atoms with Crippen LogP contribution in [0.2, 0.25) is 0 Å². The quantitative estimate of drug-likeness (QED) is 0.585. The Morgan fingerprint density at radius 2 is 1.35 bits per heavy atom. The lowest BCUT2D eigenvalue weighted by Crippen LogP contribution is -2.18. The van der Waals surface area contributed by atoms with Crippen molar-refractivity contribution in [1.82, 2.24) is 0 Å². The van der Waals surface area contributed by atoms with Crippen LogP contribution in [0.1, 0.15) is 61.0 Å². The maximum atomic E-state index is 5.51. The van der Waals surface area contributed by atoms with Crippen LogP contribution in [0.25, 0.3) is 0 Å². The van der Waals surface area contributed by atoms with Crippen molar-refractivity contribution in [1.29, 1.82) is 0 Å². The molecule has 1 heterocycles. The minimum Gasteiger partial charge on any atom is -0.492 e. The normalized spacial score (nSPS) is 13.4. The van der Waals surface area contributed by atoms with E-state index in [9.17, 15) is 0 Å². The van der Waals surface area contributed by atoms with Gasteiger partial charge in [0, 0.05) is 11.0 Å². The first-order valence-corrected chi connectivity index (χ1v) is 6.92. The second-order valence-electron chi connectivity index (χ2n) is 3.67. The van der Waals surface area contributed by atoms with Crippen LogP contribution < -0.4 is 4.74 Å². The molecule has 0 N–H and O–H groups in total. The Kier molecular flexibility index (Phi) is 11.0. The molecule has 1 nitrogen and oxygen atoms in total. The van der Waals surface area contributed by atoms with Crippen LogP contribution in [-0.4, -0.2) is 6.61 Å². The Hall–Kier alpha value is -0.980. The van der Waals surface area contributed by atoms with Gasteiger partial charge in [-0.3, -0.25) is 0 Å². The highest BCUT2D eigenvalue weighted by atomic mass is 16.5. The summed E-state index contributed by atoms with van der Waals surface area (Å²) >= 11 is 0. The molecule has 1 aliphatic rings. The van der Waals surface area contributed by atoms with Crippen LogP contribution in [0.4, 0.5) is 0 Å². The summed E-state index contributed by atoms with van der Waals surface area (Å²) in [5.41, 5.74) is 1.54. The summed E-state index contributed by atoms with van der Waals surface area (Å²) in [7, 11) is 0. The van der Waals surface area contributed by atoms with Crippen LogP contribution >= 0.6 is 0 Å². The summed E-state index contributed by atoms with van der Waals surface area (Å²) < 4.78 is 5.51. The van der Waals surface area contributed by atoms with E-state index in [1.165, 1.54) is 5.56 Å². The van der Waals surface area contributed by atoms with Gasteiger partial charge in [0.25, 0.3) is 0 Å². The fourth-order valence-electron chi connectivity index (χ4n) is 1.49. The third-order valence-corrected chi connectivity index (χ3v) is 2.20. The molecule has 1 heteroatoms. The molecular weight excluding hydrogens is 208 g/mol. The zero-order chi connectivity index (χ0) is 13.9. The van der Waals surface area contributed by atoms with Gasteiger partial charge >= 0.3 is 0 Å². The molecule has 0 aromatic heterocycles. The average Bonchev–Trinajstić information content (AvgIpc) is 2.73. The van der Waals surface area contributed by atoms with Gasteiger partial charge in [0.2, 0.25) is 0 Å². The maximum Gasteiger partial charge on any atom is 0.123 e. The molecule has 1 aromatic carbocycles. The van der Waals surface area contributed by atoms with E-state index >= 15 is 0 Å². The van der Waals surface area contributed by atoms with Crippen molar-refractivity contribution in [2.45, 2.75) is 60.8 Å². The minimum atomic E-state index is 0.205. The largest absolute Gasteiger partial charge is 0.492 e. The third kappa shape index (κ3) is 5.25. The van der Waals surface area contributed by atoms with Crippen molar-refractivity contribution in [2.24, 2.45) is 0 Å². The monoisotopic (exact) mass is 238 g/mol. The molecule has 0 amide bonds. The number of rotatable bonds is 0. The summed E-state index contributed by atoms with van der Waals surface area (Å²) in [6.45, 7) is 17.2. The number of benzene rings is 1. The second-order valence-corrected chi connectivity index (χ2v) is 3.67. The Balaban J connectivity index is 0. The van der Waals surface area contributed by atoms with Crippen molar-refractivity contribution in [3.63, 3.8) is 0 Å². The van der Waals surface area contributed by atoms with Gasteiger partial charge in [-0.05, 0) is 6.07 Å². The van der Waals surface area contributed by atoms with Gasteiger partial charge in [-0.15, -0.1) is 0 Å². The van der Waals surface area contributed by atoms with Crippen LogP contribution in [0.15, 0.2) is 24.3 Å². The molecule has 1 aromatic rings. The van der Waals surface area contributed by atoms with Crippen LogP contribution in [0, 0.1) is 0 Å². The first-order chi connectivity index (χ1) is 8.20. The lowest BCUT2D eigenvalue weighted by atomic mass is 9.87. The van der Waals surface area contributed by atoms with E-state index in [1.54, 1.807) is 0 Å². The van der Waals surface area contributed by atoms with Crippen LogP contribution in [0.5, 0.6) is 5.75 Å². The number of hydrogen-bond acceptors (Lipinski definition) is 1. The number of fused-ring (bicyclic) bond motifs is 1. The predicted molar refractivity (Wildman–Crippen MR) is 79.0 cm³/mol. The molecule has 0 atom stereocenters. The highest BCUT2D eigenvalue weighted by molar-refractivity contribution is 5.42. The molecule has 0 unspecified atom stereocenters. The van der Waals surface area contributed by atoms with Gasteiger partial charge < -0.3 is 4.74 Å². The van der Waals surface area contributed by atoms with E-state index in [2.05, 4.69) is 26.0 Å². The number of ether oxygens (including phenoxy) is 1. The molecule has 17 heavy (non-hydrogen) atoms. The van der Waals surface area contributed by atoms with Gasteiger partial charge in [-0.2, -0.15) is 0 Å². The molecular formula is C16H30O. The average molecular weight is 238 g/mol. The molecule has 1 aliphatic heterocycles. The Labute approximate surface area is 108 Å². The van der Waals surface area contributed by atoms with Crippen molar-refractivity contribution in [2.75, 3.05) is 6.61 Å². The van der Waals surface area contributed by atoms with E-state index < -0.39 is 0 Å². The summed E-state index contributed by atoms with van der Waals surface area (Å²) in [6, 6.07) is 8.25. The summed E-state index contributed by atoms with van der Waals surface area (Å²) in [4.78, 5) is 0. The summed E-state index contributed by atoms with van der Waals surface area (Å²) in [5.74, 6) is 1.05. The molecule has 0 radical (unpaired) electrons. The van der Waals surface area contributed by atoms with Crippen LogP contribution in [0.3, 0.4) is 0 Å². The van der Waals surface area contributed by atoms with E-state index in [-0.39, 0.29) is 5.41 Å². The zero-order valence-electron chi connectivity index (χ0n) is 12.9. The molecule has 0 aliphatic carbocycles. The first-order valence-electron chi connectivity index (χ1n) is 6.92. The second kappa shape index (κ2) is 10.2. The Morgan fingerprint density at radius 1 is 0.882 bits per heavy atom. The van der Waals surface area contributed by atoms with Crippen molar-refractivity contribution < 1.29 is 4.74 Å². The van der Waals surface area contributed by atoms with Crippen molar-refractivity contribution in [3.05, 3.63) is 29.8 Å².